The van der Waals surface area contributed by atoms with Crippen molar-refractivity contribution < 1.29 is 4.74 Å². The molecule has 0 aromatic carbocycles. The van der Waals surface area contributed by atoms with Crippen LogP contribution in [0.4, 0.5) is 5.82 Å². The first-order valence-electron chi connectivity index (χ1n) is 4.69. The van der Waals surface area contributed by atoms with Crippen molar-refractivity contribution in [1.82, 2.24) is 9.97 Å². The molecule has 2 heterocycles. The SMILES string of the molecule is Brc1cncnc1N1CCOCC(Br)C1. The predicted octanol–water partition coefficient (Wildman–Crippen LogP) is 1.84. The number of ether oxygens (including phenoxy) is 1. The highest BCUT2D eigenvalue weighted by Gasteiger charge is 2.18. The van der Waals surface area contributed by atoms with Gasteiger partial charge in [-0.2, -0.15) is 0 Å². The van der Waals surface area contributed by atoms with Crippen LogP contribution in [-0.2, 0) is 4.74 Å². The molecule has 0 amide bonds. The van der Waals surface area contributed by atoms with Crippen molar-refractivity contribution in [3.05, 3.63) is 17.0 Å². The molecule has 1 aliphatic rings. The van der Waals surface area contributed by atoms with Crippen molar-refractivity contribution in [2.75, 3.05) is 31.2 Å². The van der Waals surface area contributed by atoms with Crippen LogP contribution in [0.1, 0.15) is 0 Å². The highest BCUT2D eigenvalue weighted by molar-refractivity contribution is 9.10. The maximum atomic E-state index is 5.45. The first-order chi connectivity index (χ1) is 7.27. The van der Waals surface area contributed by atoms with E-state index in [0.29, 0.717) is 4.83 Å². The highest BCUT2D eigenvalue weighted by Crippen LogP contribution is 2.23. The van der Waals surface area contributed by atoms with Gasteiger partial charge in [0.1, 0.15) is 12.1 Å². The molecule has 1 atom stereocenters. The molecule has 0 N–H and O–H groups in total. The zero-order valence-corrected chi connectivity index (χ0v) is 11.2. The number of nitrogens with zero attached hydrogens (tertiary/aromatic N) is 3. The fourth-order valence-electron chi connectivity index (χ4n) is 1.50. The molecule has 1 unspecified atom stereocenters. The third-order valence-corrected chi connectivity index (χ3v) is 3.28. The maximum absolute atomic E-state index is 5.45. The summed E-state index contributed by atoms with van der Waals surface area (Å²) in [4.78, 5) is 10.8. The molecule has 2 rings (SSSR count). The Balaban J connectivity index is 2.18. The van der Waals surface area contributed by atoms with E-state index in [1.807, 2.05) is 0 Å². The summed E-state index contributed by atoms with van der Waals surface area (Å²) in [6.07, 6.45) is 3.33. The topological polar surface area (TPSA) is 38.2 Å². The van der Waals surface area contributed by atoms with E-state index in [9.17, 15) is 0 Å². The Morgan fingerprint density at radius 3 is 3.20 bits per heavy atom. The summed E-state index contributed by atoms with van der Waals surface area (Å²) in [6, 6.07) is 0. The van der Waals surface area contributed by atoms with E-state index in [0.717, 1.165) is 36.6 Å². The Bertz CT molecular complexity index is 337. The molecule has 6 heteroatoms. The molecule has 1 saturated heterocycles. The second-order valence-electron chi connectivity index (χ2n) is 3.31. The van der Waals surface area contributed by atoms with Crippen LogP contribution in [-0.4, -0.2) is 41.1 Å². The minimum atomic E-state index is 0.349. The maximum Gasteiger partial charge on any atom is 0.146 e. The molecule has 0 saturated carbocycles. The molecule has 0 radical (unpaired) electrons. The van der Waals surface area contributed by atoms with E-state index >= 15 is 0 Å². The van der Waals surface area contributed by atoms with Crippen LogP contribution in [0, 0.1) is 0 Å². The molecule has 15 heavy (non-hydrogen) atoms. The molecule has 0 spiro atoms. The van der Waals surface area contributed by atoms with Gasteiger partial charge in [-0.25, -0.2) is 9.97 Å². The average Bonchev–Trinajstić information content (AvgIpc) is 2.43. The lowest BCUT2D eigenvalue weighted by Crippen LogP contribution is -2.31. The number of hydrogen-bond acceptors (Lipinski definition) is 4. The van der Waals surface area contributed by atoms with E-state index in [4.69, 9.17) is 4.74 Å². The third-order valence-electron chi connectivity index (χ3n) is 2.17. The van der Waals surface area contributed by atoms with E-state index in [-0.39, 0.29) is 0 Å². The van der Waals surface area contributed by atoms with Crippen LogP contribution in [0.5, 0.6) is 0 Å². The quantitative estimate of drug-likeness (QED) is 0.733. The highest BCUT2D eigenvalue weighted by atomic mass is 79.9. The summed E-state index contributed by atoms with van der Waals surface area (Å²) in [6.45, 7) is 3.24. The van der Waals surface area contributed by atoms with Crippen LogP contribution in [0.3, 0.4) is 0 Å². The fraction of sp³-hybridized carbons (Fsp3) is 0.556. The van der Waals surface area contributed by atoms with Gasteiger partial charge in [0.2, 0.25) is 0 Å². The van der Waals surface area contributed by atoms with Crippen molar-refractivity contribution in [2.45, 2.75) is 4.83 Å². The number of aromatic nitrogens is 2. The Morgan fingerprint density at radius 2 is 2.40 bits per heavy atom. The van der Waals surface area contributed by atoms with Gasteiger partial charge >= 0.3 is 0 Å². The van der Waals surface area contributed by atoms with Crippen molar-refractivity contribution in [3.63, 3.8) is 0 Å². The first-order valence-corrected chi connectivity index (χ1v) is 6.40. The lowest BCUT2D eigenvalue weighted by Gasteiger charge is -2.22. The van der Waals surface area contributed by atoms with Crippen LogP contribution >= 0.6 is 31.9 Å². The average molecular weight is 337 g/mol. The Kier molecular flexibility index (Phi) is 3.93. The molecule has 1 aliphatic heterocycles. The molecule has 0 bridgehead atoms. The summed E-state index contributed by atoms with van der Waals surface area (Å²) in [5, 5.41) is 0. The second-order valence-corrected chi connectivity index (χ2v) is 5.46. The van der Waals surface area contributed by atoms with Gasteiger partial charge in [0.05, 0.1) is 22.5 Å². The van der Waals surface area contributed by atoms with Crippen LogP contribution in [0.25, 0.3) is 0 Å². The Morgan fingerprint density at radius 1 is 1.53 bits per heavy atom. The minimum Gasteiger partial charge on any atom is -0.378 e. The molecular formula is C9H11Br2N3O. The lowest BCUT2D eigenvalue weighted by atomic mass is 10.4. The third kappa shape index (κ3) is 2.89. The first kappa shape index (κ1) is 11.3. The summed E-state index contributed by atoms with van der Waals surface area (Å²) in [5.41, 5.74) is 0. The van der Waals surface area contributed by atoms with Gasteiger partial charge in [0, 0.05) is 19.3 Å². The summed E-state index contributed by atoms with van der Waals surface area (Å²) in [7, 11) is 0. The Hall–Kier alpha value is -0.200. The van der Waals surface area contributed by atoms with Gasteiger partial charge in [-0.1, -0.05) is 15.9 Å². The monoisotopic (exact) mass is 335 g/mol. The van der Waals surface area contributed by atoms with Gasteiger partial charge in [-0.05, 0) is 15.9 Å². The standard InChI is InChI=1S/C9H11Br2N3O/c10-7-4-14(1-2-15-5-7)9-8(11)3-12-6-13-9/h3,6-7H,1-2,4-5H2. The second kappa shape index (κ2) is 5.23. The van der Waals surface area contributed by atoms with E-state index in [1.165, 1.54) is 0 Å². The zero-order chi connectivity index (χ0) is 10.7. The molecule has 0 aliphatic carbocycles. The van der Waals surface area contributed by atoms with Gasteiger partial charge < -0.3 is 9.64 Å². The van der Waals surface area contributed by atoms with Gasteiger partial charge in [-0.15, -0.1) is 0 Å². The number of rotatable bonds is 1. The summed E-state index contributed by atoms with van der Waals surface area (Å²) >= 11 is 7.03. The molecule has 1 fully saturated rings. The number of alkyl halides is 1. The van der Waals surface area contributed by atoms with E-state index in [1.54, 1.807) is 12.5 Å². The molecule has 1 aromatic rings. The van der Waals surface area contributed by atoms with Crippen molar-refractivity contribution in [1.29, 1.82) is 0 Å². The minimum absolute atomic E-state index is 0.349. The van der Waals surface area contributed by atoms with E-state index in [2.05, 4.69) is 46.7 Å². The zero-order valence-electron chi connectivity index (χ0n) is 8.07. The number of hydrogen-bond donors (Lipinski definition) is 0. The largest absolute Gasteiger partial charge is 0.378 e. The van der Waals surface area contributed by atoms with Gasteiger partial charge in [0.15, 0.2) is 0 Å². The fourth-order valence-corrected chi connectivity index (χ4v) is 2.51. The van der Waals surface area contributed by atoms with E-state index < -0.39 is 0 Å². The van der Waals surface area contributed by atoms with Crippen molar-refractivity contribution in [3.8, 4) is 0 Å². The van der Waals surface area contributed by atoms with Crippen LogP contribution in [0.15, 0.2) is 17.0 Å². The van der Waals surface area contributed by atoms with Gasteiger partial charge in [-0.3, -0.25) is 0 Å². The van der Waals surface area contributed by atoms with Gasteiger partial charge in [0.25, 0.3) is 0 Å². The van der Waals surface area contributed by atoms with Crippen molar-refractivity contribution >= 4 is 37.7 Å². The summed E-state index contributed by atoms with van der Waals surface area (Å²) in [5.74, 6) is 0.931. The van der Waals surface area contributed by atoms with Crippen LogP contribution < -0.4 is 4.90 Å². The Labute approximate surface area is 105 Å². The predicted molar refractivity (Wildman–Crippen MR) is 65.5 cm³/mol. The number of anilines is 1. The smallest absolute Gasteiger partial charge is 0.146 e. The molecule has 82 valence electrons. The molecular weight excluding hydrogens is 326 g/mol. The van der Waals surface area contributed by atoms with Crippen molar-refractivity contribution in [2.24, 2.45) is 0 Å². The normalized spacial score (nSPS) is 22.5. The van der Waals surface area contributed by atoms with Crippen LogP contribution in [0.2, 0.25) is 0 Å². The summed E-state index contributed by atoms with van der Waals surface area (Å²) < 4.78 is 6.37. The number of halogens is 2. The molecule has 1 aromatic heterocycles. The lowest BCUT2D eigenvalue weighted by molar-refractivity contribution is 0.156. The molecule has 4 nitrogen and oxygen atoms in total.